The van der Waals surface area contributed by atoms with Gasteiger partial charge in [-0.2, -0.15) is 0 Å². The average molecular weight is 224 g/mol. The van der Waals surface area contributed by atoms with Gasteiger partial charge < -0.3 is 4.90 Å². The van der Waals surface area contributed by atoms with E-state index in [4.69, 9.17) is 11.6 Å². The Morgan fingerprint density at radius 3 is 2.77 bits per heavy atom. The van der Waals surface area contributed by atoms with Gasteiger partial charge in [0.05, 0.1) is 0 Å². The van der Waals surface area contributed by atoms with Crippen molar-refractivity contribution in [2.45, 2.75) is 25.0 Å². The van der Waals surface area contributed by atoms with E-state index in [2.05, 4.69) is 18.7 Å². The van der Waals surface area contributed by atoms with Crippen LogP contribution in [0.1, 0.15) is 20.3 Å². The Balaban J connectivity index is 2.52. The van der Waals surface area contributed by atoms with E-state index in [1.54, 1.807) is 0 Å². The first-order valence-corrected chi connectivity index (χ1v) is 6.58. The molecule has 0 radical (unpaired) electrons. The molecule has 1 fully saturated rings. The highest BCUT2D eigenvalue weighted by atomic mass is 35.5. The highest BCUT2D eigenvalue weighted by Gasteiger charge is 2.29. The van der Waals surface area contributed by atoms with Crippen LogP contribution >= 0.6 is 11.6 Å². The van der Waals surface area contributed by atoms with Gasteiger partial charge in [0.15, 0.2) is 0 Å². The topological polar surface area (TPSA) is 20.3 Å². The molecule has 1 heterocycles. The van der Waals surface area contributed by atoms with Crippen molar-refractivity contribution >= 4 is 22.4 Å². The summed E-state index contributed by atoms with van der Waals surface area (Å²) >= 11 is 5.68. The molecule has 0 aromatic rings. The van der Waals surface area contributed by atoms with Gasteiger partial charge in [0.1, 0.15) is 0 Å². The molecule has 1 aliphatic rings. The van der Waals surface area contributed by atoms with E-state index < -0.39 is 10.8 Å². The van der Waals surface area contributed by atoms with Crippen LogP contribution in [0.2, 0.25) is 0 Å². The summed E-state index contributed by atoms with van der Waals surface area (Å²) in [5, 5.41) is 0. The molecule has 13 heavy (non-hydrogen) atoms. The fourth-order valence-electron chi connectivity index (χ4n) is 1.48. The minimum absolute atomic E-state index is 0.0128. The van der Waals surface area contributed by atoms with E-state index in [0.29, 0.717) is 5.88 Å². The first-order chi connectivity index (χ1) is 6.06. The Morgan fingerprint density at radius 1 is 1.46 bits per heavy atom. The molecule has 0 bridgehead atoms. The largest absolute Gasteiger partial charge is 0.301 e. The predicted molar refractivity (Wildman–Crippen MR) is 58.9 cm³/mol. The van der Waals surface area contributed by atoms with Crippen LogP contribution in [0, 0.1) is 0 Å². The van der Waals surface area contributed by atoms with Crippen LogP contribution in [0.3, 0.4) is 0 Å². The molecule has 0 spiro atoms. The third kappa shape index (κ3) is 3.22. The third-order valence-electron chi connectivity index (χ3n) is 2.64. The van der Waals surface area contributed by atoms with Crippen molar-refractivity contribution in [2.75, 3.05) is 31.3 Å². The second-order valence-electron chi connectivity index (χ2n) is 4.09. The molecular formula is C9H18ClNOS. The maximum Gasteiger partial charge on any atom is 0.0415 e. The zero-order chi connectivity index (χ0) is 9.90. The van der Waals surface area contributed by atoms with Crippen LogP contribution in [-0.2, 0) is 10.8 Å². The van der Waals surface area contributed by atoms with E-state index in [0.717, 1.165) is 31.8 Å². The molecule has 1 atom stereocenters. The van der Waals surface area contributed by atoms with Gasteiger partial charge in [0.25, 0.3) is 0 Å². The zero-order valence-corrected chi connectivity index (χ0v) is 9.96. The molecule has 1 rings (SSSR count). The van der Waals surface area contributed by atoms with E-state index in [9.17, 15) is 4.21 Å². The average Bonchev–Trinajstić information content (AvgIpc) is 2.19. The minimum Gasteiger partial charge on any atom is -0.301 e. The van der Waals surface area contributed by atoms with E-state index in [1.165, 1.54) is 0 Å². The lowest BCUT2D eigenvalue weighted by Gasteiger charge is -2.21. The highest BCUT2D eigenvalue weighted by molar-refractivity contribution is 7.86. The summed E-state index contributed by atoms with van der Waals surface area (Å²) in [5.41, 5.74) is 0. The molecule has 0 aromatic heterocycles. The fraction of sp³-hybridized carbons (Fsp3) is 1.00. The number of nitrogens with zero attached hydrogens (tertiary/aromatic N) is 1. The van der Waals surface area contributed by atoms with Gasteiger partial charge >= 0.3 is 0 Å². The van der Waals surface area contributed by atoms with E-state index >= 15 is 0 Å². The molecule has 0 N–H and O–H groups in total. The minimum atomic E-state index is -0.677. The van der Waals surface area contributed by atoms with E-state index in [-0.39, 0.29) is 4.75 Å². The van der Waals surface area contributed by atoms with Crippen molar-refractivity contribution in [3.05, 3.63) is 0 Å². The Hall–Kier alpha value is 0.400. The summed E-state index contributed by atoms with van der Waals surface area (Å²) in [7, 11) is -0.677. The van der Waals surface area contributed by atoms with Crippen LogP contribution in [0.4, 0.5) is 0 Å². The Labute approximate surface area is 88.1 Å². The normalized spacial score (nSPS) is 29.9. The standard InChI is InChI=1S/C9H18ClNOS/c1-9(2)3-5-11(6-4-10)7-8-13(9)12/h3-8H2,1-2H3. The third-order valence-corrected chi connectivity index (χ3v) is 4.80. The lowest BCUT2D eigenvalue weighted by molar-refractivity contribution is 0.301. The maximum absolute atomic E-state index is 11.7. The quantitative estimate of drug-likeness (QED) is 0.661. The molecule has 2 nitrogen and oxygen atoms in total. The first kappa shape index (κ1) is 11.5. The number of rotatable bonds is 2. The summed E-state index contributed by atoms with van der Waals surface area (Å²) in [4.78, 5) is 2.31. The van der Waals surface area contributed by atoms with Crippen molar-refractivity contribution < 1.29 is 4.21 Å². The number of halogens is 1. The van der Waals surface area contributed by atoms with Crippen molar-refractivity contribution in [2.24, 2.45) is 0 Å². The van der Waals surface area contributed by atoms with Gasteiger partial charge in [-0.25, -0.2) is 0 Å². The predicted octanol–water partition coefficient (Wildman–Crippen LogP) is 1.46. The number of hydrogen-bond donors (Lipinski definition) is 0. The van der Waals surface area contributed by atoms with Crippen molar-refractivity contribution in [3.8, 4) is 0 Å². The van der Waals surface area contributed by atoms with Crippen LogP contribution < -0.4 is 0 Å². The summed E-state index contributed by atoms with van der Waals surface area (Å²) < 4.78 is 11.7. The van der Waals surface area contributed by atoms with Crippen LogP contribution in [-0.4, -0.2) is 45.1 Å². The van der Waals surface area contributed by atoms with Gasteiger partial charge in [-0.05, 0) is 26.8 Å². The van der Waals surface area contributed by atoms with Gasteiger partial charge in [0, 0.05) is 40.3 Å². The van der Waals surface area contributed by atoms with Crippen molar-refractivity contribution in [1.29, 1.82) is 0 Å². The number of alkyl halides is 1. The van der Waals surface area contributed by atoms with Gasteiger partial charge in [-0.15, -0.1) is 11.6 Å². The molecule has 0 aromatic carbocycles. The molecule has 1 aliphatic heterocycles. The van der Waals surface area contributed by atoms with Crippen LogP contribution in [0.15, 0.2) is 0 Å². The van der Waals surface area contributed by atoms with Gasteiger partial charge in [0.2, 0.25) is 0 Å². The molecular weight excluding hydrogens is 206 g/mol. The monoisotopic (exact) mass is 223 g/mol. The highest BCUT2D eigenvalue weighted by Crippen LogP contribution is 2.21. The van der Waals surface area contributed by atoms with Gasteiger partial charge in [-0.1, -0.05) is 0 Å². The smallest absolute Gasteiger partial charge is 0.0415 e. The molecule has 0 aliphatic carbocycles. The second kappa shape index (κ2) is 4.76. The van der Waals surface area contributed by atoms with Gasteiger partial charge in [-0.3, -0.25) is 4.21 Å². The molecule has 78 valence electrons. The summed E-state index contributed by atoms with van der Waals surface area (Å²) in [6.07, 6.45) is 1.01. The Kier molecular flexibility index (Phi) is 4.20. The molecule has 1 saturated heterocycles. The molecule has 1 unspecified atom stereocenters. The van der Waals surface area contributed by atoms with Crippen LogP contribution in [0.25, 0.3) is 0 Å². The maximum atomic E-state index is 11.7. The van der Waals surface area contributed by atoms with Crippen molar-refractivity contribution in [1.82, 2.24) is 4.90 Å². The van der Waals surface area contributed by atoms with E-state index in [1.807, 2.05) is 0 Å². The lowest BCUT2D eigenvalue weighted by Crippen LogP contribution is -2.29. The van der Waals surface area contributed by atoms with Crippen molar-refractivity contribution in [3.63, 3.8) is 0 Å². The number of hydrogen-bond acceptors (Lipinski definition) is 2. The SMILES string of the molecule is CC1(C)CCN(CCCl)CCS1=O. The van der Waals surface area contributed by atoms with Crippen LogP contribution in [0.5, 0.6) is 0 Å². The Morgan fingerprint density at radius 2 is 2.15 bits per heavy atom. The second-order valence-corrected chi connectivity index (χ2v) is 6.67. The first-order valence-electron chi connectivity index (χ1n) is 4.73. The summed E-state index contributed by atoms with van der Waals surface area (Å²) in [6, 6.07) is 0. The summed E-state index contributed by atoms with van der Waals surface area (Å²) in [6.45, 7) is 7.07. The molecule has 0 amide bonds. The molecule has 4 heteroatoms. The Bertz CT molecular complexity index is 196. The fourth-order valence-corrected chi connectivity index (χ4v) is 3.02. The zero-order valence-electron chi connectivity index (χ0n) is 8.38. The molecule has 0 saturated carbocycles. The summed E-state index contributed by atoms with van der Waals surface area (Å²) in [5.74, 6) is 1.47. The lowest BCUT2D eigenvalue weighted by atomic mass is 10.1.